The molecule has 0 saturated heterocycles. The highest BCUT2D eigenvalue weighted by atomic mass is 32.2. The number of aliphatic hydroxyl groups excluding tert-OH is 1. The number of aliphatic carboxylic acids is 1. The van der Waals surface area contributed by atoms with Crippen molar-refractivity contribution < 1.29 is 15.0 Å². The molecule has 0 heterocycles. The quantitative estimate of drug-likeness (QED) is 0.568. The third-order valence-electron chi connectivity index (χ3n) is 1.54. The Labute approximate surface area is 76.1 Å². The lowest BCUT2D eigenvalue weighted by molar-refractivity contribution is -0.137. The number of carboxylic acid groups (broad SMARTS) is 1. The lowest BCUT2D eigenvalue weighted by Gasteiger charge is -2.15. The molecule has 0 rings (SSSR count). The van der Waals surface area contributed by atoms with Gasteiger partial charge >= 0.3 is 5.97 Å². The molecule has 3 atom stereocenters. The van der Waals surface area contributed by atoms with Crippen LogP contribution in [-0.2, 0) is 4.79 Å². The standard InChI is InChI=1S/C7H15NO3S/c1-4(9)5(2)12-3-6(8)7(10)11/h4-6,9H,3,8H2,1-2H3,(H,10,11). The zero-order valence-corrected chi connectivity index (χ0v) is 8.04. The van der Waals surface area contributed by atoms with Crippen LogP contribution in [0.2, 0.25) is 0 Å². The molecule has 12 heavy (non-hydrogen) atoms. The molecule has 0 aromatic heterocycles. The Bertz CT molecular complexity index is 152. The average Bonchev–Trinajstić information content (AvgIpc) is 1.98. The summed E-state index contributed by atoms with van der Waals surface area (Å²) in [7, 11) is 0. The van der Waals surface area contributed by atoms with E-state index in [0.717, 1.165) is 0 Å². The molecule has 4 N–H and O–H groups in total. The van der Waals surface area contributed by atoms with Crippen molar-refractivity contribution in [1.82, 2.24) is 0 Å². The van der Waals surface area contributed by atoms with Crippen LogP contribution < -0.4 is 5.73 Å². The van der Waals surface area contributed by atoms with E-state index >= 15 is 0 Å². The molecule has 3 unspecified atom stereocenters. The summed E-state index contributed by atoms with van der Waals surface area (Å²) < 4.78 is 0. The SMILES string of the molecule is CC(O)C(C)SCC(N)C(=O)O. The molecule has 0 aromatic rings. The van der Waals surface area contributed by atoms with E-state index in [4.69, 9.17) is 15.9 Å². The first-order chi connectivity index (χ1) is 5.45. The minimum atomic E-state index is -1.000. The van der Waals surface area contributed by atoms with Crippen molar-refractivity contribution in [3.8, 4) is 0 Å². The maximum atomic E-state index is 10.3. The van der Waals surface area contributed by atoms with Gasteiger partial charge in [-0.1, -0.05) is 6.92 Å². The highest BCUT2D eigenvalue weighted by Crippen LogP contribution is 2.14. The minimum Gasteiger partial charge on any atom is -0.480 e. The van der Waals surface area contributed by atoms with Crippen LogP contribution >= 0.6 is 11.8 Å². The number of thioether (sulfide) groups is 1. The largest absolute Gasteiger partial charge is 0.480 e. The molecular weight excluding hydrogens is 178 g/mol. The number of carbonyl (C=O) groups is 1. The second kappa shape index (κ2) is 5.40. The van der Waals surface area contributed by atoms with Gasteiger partial charge in [0.1, 0.15) is 6.04 Å². The number of nitrogens with two attached hydrogens (primary N) is 1. The van der Waals surface area contributed by atoms with Crippen molar-refractivity contribution in [2.45, 2.75) is 31.2 Å². The summed E-state index contributed by atoms with van der Waals surface area (Å²) in [5.74, 6) is -0.665. The number of hydrogen-bond acceptors (Lipinski definition) is 4. The summed E-state index contributed by atoms with van der Waals surface area (Å²) in [6.45, 7) is 3.51. The van der Waals surface area contributed by atoms with Crippen LogP contribution in [0.5, 0.6) is 0 Å². The predicted molar refractivity (Wildman–Crippen MR) is 49.2 cm³/mol. The Morgan fingerprint density at radius 2 is 2.08 bits per heavy atom. The van der Waals surface area contributed by atoms with Crippen LogP contribution in [0.25, 0.3) is 0 Å². The summed E-state index contributed by atoms with van der Waals surface area (Å²) in [6.07, 6.45) is -0.434. The molecule has 0 radical (unpaired) electrons. The number of aliphatic hydroxyl groups is 1. The van der Waals surface area contributed by atoms with E-state index in [0.29, 0.717) is 5.75 Å². The van der Waals surface area contributed by atoms with Crippen LogP contribution in [0.15, 0.2) is 0 Å². The Morgan fingerprint density at radius 1 is 1.58 bits per heavy atom. The third-order valence-corrected chi connectivity index (χ3v) is 3.01. The summed E-state index contributed by atoms with van der Waals surface area (Å²) >= 11 is 1.37. The van der Waals surface area contributed by atoms with E-state index in [1.165, 1.54) is 11.8 Å². The molecule has 0 saturated carbocycles. The smallest absolute Gasteiger partial charge is 0.321 e. The van der Waals surface area contributed by atoms with Gasteiger partial charge in [-0.2, -0.15) is 11.8 Å². The number of rotatable bonds is 5. The molecule has 0 aliphatic rings. The maximum absolute atomic E-state index is 10.3. The zero-order chi connectivity index (χ0) is 9.72. The second-order valence-electron chi connectivity index (χ2n) is 2.72. The monoisotopic (exact) mass is 193 g/mol. The van der Waals surface area contributed by atoms with Crippen molar-refractivity contribution >= 4 is 17.7 Å². The summed E-state index contributed by atoms with van der Waals surface area (Å²) in [6, 6.07) is -0.837. The highest BCUT2D eigenvalue weighted by Gasteiger charge is 2.15. The highest BCUT2D eigenvalue weighted by molar-refractivity contribution is 8.00. The van der Waals surface area contributed by atoms with Gasteiger partial charge in [0.2, 0.25) is 0 Å². The topological polar surface area (TPSA) is 83.5 Å². The fraction of sp³-hybridized carbons (Fsp3) is 0.857. The molecule has 5 heteroatoms. The number of carboxylic acids is 1. The Hall–Kier alpha value is -0.260. The predicted octanol–water partition coefficient (Wildman–Crippen LogP) is -0.0992. The summed E-state index contributed by atoms with van der Waals surface area (Å²) in [4.78, 5) is 10.3. The molecule has 0 fully saturated rings. The fourth-order valence-electron chi connectivity index (χ4n) is 0.466. The van der Waals surface area contributed by atoms with Crippen LogP contribution in [0.4, 0.5) is 0 Å². The van der Waals surface area contributed by atoms with Gasteiger partial charge in [-0.15, -0.1) is 0 Å². The fourth-order valence-corrected chi connectivity index (χ4v) is 1.40. The second-order valence-corrected chi connectivity index (χ2v) is 4.13. The molecular formula is C7H15NO3S. The van der Waals surface area contributed by atoms with E-state index in [-0.39, 0.29) is 5.25 Å². The van der Waals surface area contributed by atoms with E-state index in [1.807, 2.05) is 6.92 Å². The van der Waals surface area contributed by atoms with Gasteiger partial charge in [-0.05, 0) is 6.92 Å². The normalized spacial score (nSPS) is 18.3. The summed E-state index contributed by atoms with van der Waals surface area (Å²) in [5, 5.41) is 17.5. The first kappa shape index (κ1) is 11.7. The van der Waals surface area contributed by atoms with E-state index in [9.17, 15) is 4.79 Å². The Morgan fingerprint density at radius 3 is 2.42 bits per heavy atom. The minimum absolute atomic E-state index is 0.0235. The van der Waals surface area contributed by atoms with Gasteiger partial charge < -0.3 is 15.9 Å². The molecule has 0 aliphatic heterocycles. The molecule has 4 nitrogen and oxygen atoms in total. The van der Waals surface area contributed by atoms with Gasteiger partial charge in [0.25, 0.3) is 0 Å². The lowest BCUT2D eigenvalue weighted by Crippen LogP contribution is -2.33. The maximum Gasteiger partial charge on any atom is 0.321 e. The average molecular weight is 193 g/mol. The van der Waals surface area contributed by atoms with Gasteiger partial charge in [0.15, 0.2) is 0 Å². The van der Waals surface area contributed by atoms with Gasteiger partial charge in [0, 0.05) is 11.0 Å². The molecule has 0 amide bonds. The van der Waals surface area contributed by atoms with Gasteiger partial charge in [0.05, 0.1) is 6.10 Å². The Balaban J connectivity index is 3.61. The first-order valence-corrected chi connectivity index (χ1v) is 4.78. The molecule has 0 aliphatic carbocycles. The van der Waals surface area contributed by atoms with Crippen molar-refractivity contribution in [3.63, 3.8) is 0 Å². The van der Waals surface area contributed by atoms with E-state index in [2.05, 4.69) is 0 Å². The first-order valence-electron chi connectivity index (χ1n) is 3.73. The van der Waals surface area contributed by atoms with Crippen molar-refractivity contribution in [1.29, 1.82) is 0 Å². The van der Waals surface area contributed by atoms with Crippen LogP contribution in [0.3, 0.4) is 0 Å². The van der Waals surface area contributed by atoms with E-state index < -0.39 is 18.1 Å². The number of hydrogen-bond donors (Lipinski definition) is 3. The van der Waals surface area contributed by atoms with Crippen molar-refractivity contribution in [2.24, 2.45) is 5.73 Å². The Kier molecular flexibility index (Phi) is 5.28. The summed E-state index contributed by atoms with van der Waals surface area (Å²) in [5.41, 5.74) is 5.26. The van der Waals surface area contributed by atoms with Gasteiger partial charge in [-0.3, -0.25) is 4.79 Å². The van der Waals surface area contributed by atoms with Crippen LogP contribution in [-0.4, -0.2) is 39.3 Å². The van der Waals surface area contributed by atoms with Gasteiger partial charge in [-0.25, -0.2) is 0 Å². The third kappa shape index (κ3) is 4.58. The lowest BCUT2D eigenvalue weighted by atomic mass is 10.3. The van der Waals surface area contributed by atoms with Crippen LogP contribution in [0.1, 0.15) is 13.8 Å². The van der Waals surface area contributed by atoms with Crippen molar-refractivity contribution in [2.75, 3.05) is 5.75 Å². The molecule has 0 aromatic carbocycles. The van der Waals surface area contributed by atoms with Crippen LogP contribution in [0, 0.1) is 0 Å². The molecule has 0 spiro atoms. The molecule has 72 valence electrons. The zero-order valence-electron chi connectivity index (χ0n) is 7.23. The van der Waals surface area contributed by atoms with Crippen molar-refractivity contribution in [3.05, 3.63) is 0 Å². The van der Waals surface area contributed by atoms with E-state index in [1.54, 1.807) is 6.92 Å². The molecule has 0 bridgehead atoms.